The highest BCUT2D eigenvalue weighted by atomic mass is 35.5. The van der Waals surface area contributed by atoms with Gasteiger partial charge in [-0.25, -0.2) is 13.4 Å². The number of hydrogen-bond donors (Lipinski definition) is 2. The molecule has 0 saturated carbocycles. The van der Waals surface area contributed by atoms with Gasteiger partial charge >= 0.3 is 0 Å². The van der Waals surface area contributed by atoms with Crippen LogP contribution in [0, 0.1) is 6.92 Å². The van der Waals surface area contributed by atoms with Crippen LogP contribution in [0.3, 0.4) is 0 Å². The standard InChI is InChI=1S/C14H16ClN3O2S/c1-10-4-3-5-14(17-10)18-21(19,20)12-6-7-13(15)11(8-12)9-16-2/h3-8,16H,9H2,1-2H3,(H,17,18). The third-order valence-corrected chi connectivity index (χ3v) is 4.54. The summed E-state index contributed by atoms with van der Waals surface area (Å²) in [5.41, 5.74) is 1.46. The van der Waals surface area contributed by atoms with Crippen LogP contribution in [0.1, 0.15) is 11.3 Å². The van der Waals surface area contributed by atoms with Gasteiger partial charge in [-0.05, 0) is 49.9 Å². The molecule has 0 amide bonds. The van der Waals surface area contributed by atoms with E-state index in [4.69, 9.17) is 11.6 Å². The van der Waals surface area contributed by atoms with Gasteiger partial charge in [0, 0.05) is 17.3 Å². The molecule has 1 aromatic heterocycles. The number of nitrogens with zero attached hydrogens (tertiary/aromatic N) is 1. The highest BCUT2D eigenvalue weighted by molar-refractivity contribution is 7.92. The molecule has 0 aliphatic carbocycles. The zero-order chi connectivity index (χ0) is 15.5. The molecule has 0 saturated heterocycles. The number of pyridine rings is 1. The second-order valence-corrected chi connectivity index (χ2v) is 6.64. The number of nitrogens with one attached hydrogen (secondary N) is 2. The van der Waals surface area contributed by atoms with Crippen LogP contribution in [-0.2, 0) is 16.6 Å². The summed E-state index contributed by atoms with van der Waals surface area (Å²) >= 11 is 6.04. The van der Waals surface area contributed by atoms with E-state index in [1.165, 1.54) is 6.07 Å². The van der Waals surface area contributed by atoms with E-state index >= 15 is 0 Å². The minimum atomic E-state index is -3.69. The number of halogens is 1. The number of sulfonamides is 1. The minimum absolute atomic E-state index is 0.153. The van der Waals surface area contributed by atoms with Gasteiger partial charge in [0.15, 0.2) is 0 Å². The third-order valence-electron chi connectivity index (χ3n) is 2.82. The molecule has 2 N–H and O–H groups in total. The van der Waals surface area contributed by atoms with Gasteiger partial charge in [-0.2, -0.15) is 0 Å². The van der Waals surface area contributed by atoms with Gasteiger partial charge in [-0.15, -0.1) is 0 Å². The molecular weight excluding hydrogens is 310 g/mol. The van der Waals surface area contributed by atoms with E-state index in [2.05, 4.69) is 15.0 Å². The van der Waals surface area contributed by atoms with Crippen molar-refractivity contribution < 1.29 is 8.42 Å². The first-order valence-corrected chi connectivity index (χ1v) is 8.18. The summed E-state index contributed by atoms with van der Waals surface area (Å²) in [6.45, 7) is 2.29. The zero-order valence-corrected chi connectivity index (χ0v) is 13.3. The molecule has 112 valence electrons. The van der Waals surface area contributed by atoms with Crippen molar-refractivity contribution in [2.24, 2.45) is 0 Å². The van der Waals surface area contributed by atoms with Gasteiger partial charge in [0.25, 0.3) is 10.0 Å². The first-order chi connectivity index (χ1) is 9.92. The monoisotopic (exact) mass is 325 g/mol. The van der Waals surface area contributed by atoms with Crippen molar-refractivity contribution in [1.82, 2.24) is 10.3 Å². The normalized spacial score (nSPS) is 11.4. The molecule has 1 aromatic carbocycles. The fraction of sp³-hybridized carbons (Fsp3) is 0.214. The van der Waals surface area contributed by atoms with Gasteiger partial charge in [-0.3, -0.25) is 4.72 Å². The average Bonchev–Trinajstić information content (AvgIpc) is 2.41. The first kappa shape index (κ1) is 15.8. The van der Waals surface area contributed by atoms with Crippen LogP contribution in [0.15, 0.2) is 41.3 Å². The molecule has 0 bridgehead atoms. The molecule has 0 aliphatic rings. The number of aromatic nitrogens is 1. The van der Waals surface area contributed by atoms with Crippen molar-refractivity contribution in [3.63, 3.8) is 0 Å². The van der Waals surface area contributed by atoms with E-state index < -0.39 is 10.0 Å². The van der Waals surface area contributed by atoms with Crippen molar-refractivity contribution in [2.75, 3.05) is 11.8 Å². The fourth-order valence-corrected chi connectivity index (χ4v) is 3.08. The van der Waals surface area contributed by atoms with Crippen molar-refractivity contribution in [2.45, 2.75) is 18.4 Å². The van der Waals surface area contributed by atoms with Crippen molar-refractivity contribution >= 4 is 27.4 Å². The van der Waals surface area contributed by atoms with Gasteiger partial charge in [0.2, 0.25) is 0 Å². The largest absolute Gasteiger partial charge is 0.316 e. The Labute approximate surface area is 129 Å². The molecular formula is C14H16ClN3O2S. The highest BCUT2D eigenvalue weighted by Crippen LogP contribution is 2.22. The van der Waals surface area contributed by atoms with Crippen LogP contribution in [0.2, 0.25) is 5.02 Å². The number of anilines is 1. The maximum atomic E-state index is 12.4. The van der Waals surface area contributed by atoms with Gasteiger partial charge in [-0.1, -0.05) is 17.7 Å². The summed E-state index contributed by atoms with van der Waals surface area (Å²) in [6, 6.07) is 9.75. The molecule has 21 heavy (non-hydrogen) atoms. The lowest BCUT2D eigenvalue weighted by Gasteiger charge is -2.10. The average molecular weight is 326 g/mol. The van der Waals surface area contributed by atoms with Crippen LogP contribution in [0.25, 0.3) is 0 Å². The molecule has 5 nitrogen and oxygen atoms in total. The third kappa shape index (κ3) is 3.93. The molecule has 2 aromatic rings. The van der Waals surface area contributed by atoms with Crippen molar-refractivity contribution in [1.29, 1.82) is 0 Å². The molecule has 0 fully saturated rings. The Hall–Kier alpha value is -1.63. The molecule has 1 heterocycles. The lowest BCUT2D eigenvalue weighted by molar-refractivity contribution is 0.601. The lowest BCUT2D eigenvalue weighted by atomic mass is 10.2. The highest BCUT2D eigenvalue weighted by Gasteiger charge is 2.16. The second kappa shape index (κ2) is 6.43. The predicted molar refractivity (Wildman–Crippen MR) is 84.0 cm³/mol. The zero-order valence-electron chi connectivity index (χ0n) is 11.7. The Morgan fingerprint density at radius 2 is 2.00 bits per heavy atom. The Morgan fingerprint density at radius 1 is 1.24 bits per heavy atom. The van der Waals surface area contributed by atoms with Crippen molar-refractivity contribution in [3.05, 3.63) is 52.7 Å². The van der Waals surface area contributed by atoms with E-state index in [1.807, 2.05) is 0 Å². The molecule has 0 unspecified atom stereocenters. The van der Waals surface area contributed by atoms with Crippen LogP contribution in [0.4, 0.5) is 5.82 Å². The number of aryl methyl sites for hydroxylation is 1. The summed E-state index contributed by atoms with van der Waals surface area (Å²) in [4.78, 5) is 4.28. The van der Waals surface area contributed by atoms with Gasteiger partial charge in [0.1, 0.15) is 5.82 Å². The number of hydrogen-bond acceptors (Lipinski definition) is 4. The quantitative estimate of drug-likeness (QED) is 0.886. The Morgan fingerprint density at radius 3 is 2.67 bits per heavy atom. The SMILES string of the molecule is CNCc1cc(S(=O)(=O)Nc2cccc(C)n2)ccc1Cl. The maximum Gasteiger partial charge on any atom is 0.263 e. The topological polar surface area (TPSA) is 71.1 Å². The van der Waals surface area contributed by atoms with Gasteiger partial charge in [0.05, 0.1) is 4.90 Å². The van der Waals surface area contributed by atoms with E-state index in [9.17, 15) is 8.42 Å². The first-order valence-electron chi connectivity index (χ1n) is 6.32. The van der Waals surface area contributed by atoms with E-state index in [0.29, 0.717) is 17.4 Å². The van der Waals surface area contributed by atoms with Gasteiger partial charge < -0.3 is 5.32 Å². The molecule has 0 aliphatic heterocycles. The fourth-order valence-electron chi connectivity index (χ4n) is 1.84. The Kier molecular flexibility index (Phi) is 4.82. The van der Waals surface area contributed by atoms with Crippen molar-refractivity contribution in [3.8, 4) is 0 Å². The van der Waals surface area contributed by atoms with Crippen LogP contribution in [0.5, 0.6) is 0 Å². The molecule has 0 spiro atoms. The van der Waals surface area contributed by atoms with Crippen LogP contribution >= 0.6 is 11.6 Å². The number of benzene rings is 1. The summed E-state index contributed by atoms with van der Waals surface area (Å²) in [5.74, 6) is 0.292. The smallest absolute Gasteiger partial charge is 0.263 e. The van der Waals surface area contributed by atoms with E-state index in [-0.39, 0.29) is 4.90 Å². The second-order valence-electron chi connectivity index (χ2n) is 4.55. The summed E-state index contributed by atoms with van der Waals surface area (Å²) < 4.78 is 27.2. The predicted octanol–water partition coefficient (Wildman–Crippen LogP) is 2.56. The Balaban J connectivity index is 2.33. The molecule has 2 rings (SSSR count). The lowest BCUT2D eigenvalue weighted by Crippen LogP contribution is -2.15. The van der Waals surface area contributed by atoms with Crippen LogP contribution < -0.4 is 10.0 Å². The van der Waals surface area contributed by atoms with E-state index in [0.717, 1.165) is 11.3 Å². The van der Waals surface area contributed by atoms with Crippen LogP contribution in [-0.4, -0.2) is 20.4 Å². The van der Waals surface area contributed by atoms with E-state index in [1.54, 1.807) is 44.3 Å². The maximum absolute atomic E-state index is 12.4. The minimum Gasteiger partial charge on any atom is -0.316 e. The molecule has 7 heteroatoms. The summed E-state index contributed by atoms with van der Waals surface area (Å²) in [7, 11) is -1.92. The molecule has 0 atom stereocenters. The summed E-state index contributed by atoms with van der Waals surface area (Å²) in [5, 5.41) is 3.47. The molecule has 0 radical (unpaired) electrons. The number of rotatable bonds is 5. The Bertz CT molecular complexity index is 748. The summed E-state index contributed by atoms with van der Waals surface area (Å²) in [6.07, 6.45) is 0.